The predicted octanol–water partition coefficient (Wildman–Crippen LogP) is -0.458. The molecule has 0 atom stereocenters. The molecule has 2 saturated carbocycles. The zero-order chi connectivity index (χ0) is 10.9. The van der Waals surface area contributed by atoms with Crippen LogP contribution in [0.3, 0.4) is 0 Å². The van der Waals surface area contributed by atoms with Gasteiger partial charge in [-0.15, -0.1) is 12.4 Å². The quantitative estimate of drug-likeness (QED) is 0.615. The summed E-state index contributed by atoms with van der Waals surface area (Å²) in [5, 5.41) is 5.33. The van der Waals surface area contributed by atoms with E-state index in [9.17, 15) is 9.59 Å². The van der Waals surface area contributed by atoms with Gasteiger partial charge >= 0.3 is 0 Å². The minimum Gasteiger partial charge on any atom is -0.354 e. The lowest BCUT2D eigenvalue weighted by Crippen LogP contribution is -2.46. The average molecular weight is 248 g/mol. The normalized spacial score (nSPS) is 20.6. The molecule has 2 rings (SSSR count). The zero-order valence-corrected chi connectivity index (χ0v) is 9.94. The van der Waals surface area contributed by atoms with E-state index in [2.05, 4.69) is 10.6 Å². The summed E-state index contributed by atoms with van der Waals surface area (Å²) in [6, 6.07) is 0. The van der Waals surface area contributed by atoms with Gasteiger partial charge in [0.2, 0.25) is 11.8 Å². The molecule has 0 unspecified atom stereocenters. The van der Waals surface area contributed by atoms with Crippen molar-refractivity contribution in [2.24, 2.45) is 11.7 Å². The number of amides is 2. The first-order valence-corrected chi connectivity index (χ1v) is 5.44. The van der Waals surface area contributed by atoms with E-state index in [0.717, 1.165) is 19.4 Å². The van der Waals surface area contributed by atoms with Gasteiger partial charge in [-0.05, 0) is 31.6 Å². The SMILES string of the molecule is Cl.NC1(C(=O)NCC(=O)NCC2CC2)CC1. The highest BCUT2D eigenvalue weighted by Crippen LogP contribution is 2.31. The van der Waals surface area contributed by atoms with Crippen LogP contribution in [0.15, 0.2) is 0 Å². The van der Waals surface area contributed by atoms with Crippen LogP contribution < -0.4 is 16.4 Å². The molecule has 0 aromatic carbocycles. The van der Waals surface area contributed by atoms with Crippen molar-refractivity contribution in [2.75, 3.05) is 13.1 Å². The highest BCUT2D eigenvalue weighted by Gasteiger charge is 2.45. The highest BCUT2D eigenvalue weighted by atomic mass is 35.5. The van der Waals surface area contributed by atoms with Gasteiger partial charge in [-0.2, -0.15) is 0 Å². The third-order valence-electron chi connectivity index (χ3n) is 2.94. The standard InChI is InChI=1S/C10H17N3O2.ClH/c11-10(3-4-10)9(15)13-6-8(14)12-5-7-1-2-7;/h7H,1-6,11H2,(H,12,14)(H,13,15);1H. The molecule has 0 radical (unpaired) electrons. The summed E-state index contributed by atoms with van der Waals surface area (Å²) in [5.74, 6) is 0.331. The van der Waals surface area contributed by atoms with Crippen LogP contribution >= 0.6 is 12.4 Å². The van der Waals surface area contributed by atoms with Gasteiger partial charge in [-0.25, -0.2) is 0 Å². The summed E-state index contributed by atoms with van der Waals surface area (Å²) in [6.07, 6.45) is 3.86. The van der Waals surface area contributed by atoms with Crippen LogP contribution in [0, 0.1) is 5.92 Å². The molecule has 0 saturated heterocycles. The Kier molecular flexibility index (Phi) is 4.15. The predicted molar refractivity (Wildman–Crippen MR) is 62.1 cm³/mol. The third kappa shape index (κ3) is 3.64. The Balaban J connectivity index is 0.00000128. The molecule has 5 nitrogen and oxygen atoms in total. The van der Waals surface area contributed by atoms with Crippen molar-refractivity contribution >= 4 is 24.2 Å². The molecule has 2 aliphatic rings. The molecule has 6 heteroatoms. The Morgan fingerprint density at radius 3 is 2.38 bits per heavy atom. The largest absolute Gasteiger partial charge is 0.354 e. The molecule has 0 aromatic rings. The lowest BCUT2D eigenvalue weighted by molar-refractivity contribution is -0.127. The van der Waals surface area contributed by atoms with Crippen molar-refractivity contribution in [3.8, 4) is 0 Å². The maximum absolute atomic E-state index is 11.4. The molecule has 0 aromatic heterocycles. The van der Waals surface area contributed by atoms with E-state index in [4.69, 9.17) is 5.73 Å². The average Bonchev–Trinajstić information content (AvgIpc) is 3.07. The van der Waals surface area contributed by atoms with Crippen LogP contribution in [0.1, 0.15) is 25.7 Å². The smallest absolute Gasteiger partial charge is 0.240 e. The lowest BCUT2D eigenvalue weighted by atomic mass is 10.3. The minimum atomic E-state index is -0.684. The number of nitrogens with two attached hydrogens (primary N) is 1. The van der Waals surface area contributed by atoms with Crippen LogP contribution in [0.5, 0.6) is 0 Å². The Hall–Kier alpha value is -0.810. The number of rotatable bonds is 5. The summed E-state index contributed by atoms with van der Waals surface area (Å²) < 4.78 is 0. The summed E-state index contributed by atoms with van der Waals surface area (Å²) in [4.78, 5) is 22.6. The van der Waals surface area contributed by atoms with Crippen LogP contribution in [0.25, 0.3) is 0 Å². The van der Waals surface area contributed by atoms with E-state index in [1.54, 1.807) is 0 Å². The van der Waals surface area contributed by atoms with Crippen molar-refractivity contribution in [1.82, 2.24) is 10.6 Å². The zero-order valence-electron chi connectivity index (χ0n) is 9.12. The van der Waals surface area contributed by atoms with Gasteiger partial charge in [0.1, 0.15) is 0 Å². The Morgan fingerprint density at radius 1 is 1.25 bits per heavy atom. The van der Waals surface area contributed by atoms with E-state index in [1.165, 1.54) is 12.8 Å². The van der Waals surface area contributed by atoms with Gasteiger partial charge in [0.05, 0.1) is 12.1 Å². The molecule has 2 fully saturated rings. The van der Waals surface area contributed by atoms with Gasteiger partial charge in [0, 0.05) is 6.54 Å². The number of carbonyl (C=O) groups is 2. The Labute approximate surface area is 101 Å². The second-order valence-electron chi connectivity index (χ2n) is 4.59. The molecule has 2 aliphatic carbocycles. The van der Waals surface area contributed by atoms with Gasteiger partial charge in [0.25, 0.3) is 0 Å². The molecular weight excluding hydrogens is 230 g/mol. The molecule has 0 aliphatic heterocycles. The van der Waals surface area contributed by atoms with Gasteiger partial charge in [-0.3, -0.25) is 9.59 Å². The third-order valence-corrected chi connectivity index (χ3v) is 2.94. The summed E-state index contributed by atoms with van der Waals surface area (Å²) in [7, 11) is 0. The summed E-state index contributed by atoms with van der Waals surface area (Å²) in [5.41, 5.74) is 4.98. The number of hydrogen-bond donors (Lipinski definition) is 3. The second-order valence-corrected chi connectivity index (χ2v) is 4.59. The van der Waals surface area contributed by atoms with Crippen LogP contribution in [-0.4, -0.2) is 30.4 Å². The fourth-order valence-electron chi connectivity index (χ4n) is 1.34. The Bertz CT molecular complexity index is 288. The molecular formula is C10H18ClN3O2. The minimum absolute atomic E-state index is 0. The van der Waals surface area contributed by atoms with Gasteiger partial charge in [0.15, 0.2) is 0 Å². The van der Waals surface area contributed by atoms with Gasteiger partial charge in [-0.1, -0.05) is 0 Å². The maximum Gasteiger partial charge on any atom is 0.240 e. The van der Waals surface area contributed by atoms with Gasteiger partial charge < -0.3 is 16.4 Å². The molecule has 0 heterocycles. The number of hydrogen-bond acceptors (Lipinski definition) is 3. The first kappa shape index (κ1) is 13.3. The van der Waals surface area contributed by atoms with Crippen molar-refractivity contribution in [3.63, 3.8) is 0 Å². The maximum atomic E-state index is 11.4. The fraction of sp³-hybridized carbons (Fsp3) is 0.800. The van der Waals surface area contributed by atoms with E-state index in [0.29, 0.717) is 5.92 Å². The van der Waals surface area contributed by atoms with Crippen molar-refractivity contribution in [2.45, 2.75) is 31.2 Å². The number of carbonyl (C=O) groups excluding carboxylic acids is 2. The lowest BCUT2D eigenvalue weighted by Gasteiger charge is -2.09. The second kappa shape index (κ2) is 5.01. The van der Waals surface area contributed by atoms with E-state index >= 15 is 0 Å². The van der Waals surface area contributed by atoms with E-state index in [1.807, 2.05) is 0 Å². The first-order valence-electron chi connectivity index (χ1n) is 5.44. The summed E-state index contributed by atoms with van der Waals surface area (Å²) >= 11 is 0. The fourth-order valence-corrected chi connectivity index (χ4v) is 1.34. The number of halogens is 1. The molecule has 92 valence electrons. The molecule has 0 spiro atoms. The van der Waals surface area contributed by atoms with Crippen LogP contribution in [0.4, 0.5) is 0 Å². The van der Waals surface area contributed by atoms with Crippen molar-refractivity contribution in [3.05, 3.63) is 0 Å². The first-order chi connectivity index (χ1) is 7.10. The highest BCUT2D eigenvalue weighted by molar-refractivity contribution is 5.92. The van der Waals surface area contributed by atoms with E-state index in [-0.39, 0.29) is 30.8 Å². The topological polar surface area (TPSA) is 84.2 Å². The van der Waals surface area contributed by atoms with Crippen LogP contribution in [-0.2, 0) is 9.59 Å². The monoisotopic (exact) mass is 247 g/mol. The number of nitrogens with one attached hydrogen (secondary N) is 2. The molecule has 16 heavy (non-hydrogen) atoms. The summed E-state index contributed by atoms with van der Waals surface area (Å²) in [6.45, 7) is 0.785. The molecule has 2 amide bonds. The Morgan fingerprint density at radius 2 is 1.88 bits per heavy atom. The van der Waals surface area contributed by atoms with Crippen molar-refractivity contribution in [1.29, 1.82) is 0 Å². The van der Waals surface area contributed by atoms with E-state index < -0.39 is 5.54 Å². The van der Waals surface area contributed by atoms with Crippen LogP contribution in [0.2, 0.25) is 0 Å². The van der Waals surface area contributed by atoms with Crippen molar-refractivity contribution < 1.29 is 9.59 Å². The molecule has 0 bridgehead atoms. The molecule has 4 N–H and O–H groups in total.